The lowest BCUT2D eigenvalue weighted by molar-refractivity contribution is -0.122. The molecule has 0 unspecified atom stereocenters. The number of carbonyl (C=O) groups excluding carboxylic acids is 2. The monoisotopic (exact) mass is 477 g/mol. The molecule has 0 radical (unpaired) electrons. The first kappa shape index (κ1) is 23.0. The van der Waals surface area contributed by atoms with Gasteiger partial charge in [0.05, 0.1) is 12.2 Å². The second kappa shape index (κ2) is 8.18. The number of ketones is 1. The van der Waals surface area contributed by atoms with Crippen molar-refractivity contribution in [3.63, 3.8) is 0 Å². The van der Waals surface area contributed by atoms with Crippen LogP contribution in [0.25, 0.3) is 0 Å². The van der Waals surface area contributed by atoms with Gasteiger partial charge in [0.25, 0.3) is 8.32 Å². The summed E-state index contributed by atoms with van der Waals surface area (Å²) < 4.78 is 12.8. The minimum atomic E-state index is -2.89. The highest BCUT2D eigenvalue weighted by molar-refractivity contribution is 6.99. The molecule has 5 rings (SSSR count). The Kier molecular flexibility index (Phi) is 5.54. The summed E-state index contributed by atoms with van der Waals surface area (Å²) in [4.78, 5) is 27.3. The number of hydrogen-bond donors (Lipinski definition) is 1. The molecule has 3 aliphatic rings. The standard InChI is InChI=1S/C27H31NO5Si/c1-17(29)21-22-20(15-16-28-23(22)25(24(21)30)32-26(28)31)33-34(27(2,3)4,18-11-7-5-8-12-18)19-13-9-6-10-14-19/h5-14,17,20,23,25,29H,15-16H2,1-4H3/t17-,20-,23-,25-/m0/s1. The highest BCUT2D eigenvalue weighted by Gasteiger charge is 2.60. The van der Waals surface area contributed by atoms with Crippen molar-refractivity contribution in [2.75, 3.05) is 6.54 Å². The van der Waals surface area contributed by atoms with Gasteiger partial charge in [-0.2, -0.15) is 0 Å². The molecule has 1 N–H and O–H groups in total. The summed E-state index contributed by atoms with van der Waals surface area (Å²) in [7, 11) is -2.89. The largest absolute Gasteiger partial charge is 0.435 e. The molecular weight excluding hydrogens is 446 g/mol. The van der Waals surface area contributed by atoms with Gasteiger partial charge in [0.1, 0.15) is 6.04 Å². The lowest BCUT2D eigenvalue weighted by Gasteiger charge is -2.47. The first-order valence-corrected chi connectivity index (χ1v) is 13.8. The molecular formula is C27H31NO5Si. The van der Waals surface area contributed by atoms with Crippen molar-refractivity contribution < 1.29 is 23.9 Å². The minimum absolute atomic E-state index is 0.234. The molecule has 6 nitrogen and oxygen atoms in total. The van der Waals surface area contributed by atoms with E-state index in [9.17, 15) is 14.7 Å². The predicted molar refractivity (Wildman–Crippen MR) is 132 cm³/mol. The maximum Gasteiger partial charge on any atom is 0.411 e. The molecule has 34 heavy (non-hydrogen) atoms. The molecule has 2 fully saturated rings. The van der Waals surface area contributed by atoms with E-state index in [4.69, 9.17) is 9.16 Å². The zero-order chi connectivity index (χ0) is 24.3. The molecule has 0 saturated carbocycles. The number of Topliss-reactive ketones (excluding diaryl/α,β-unsaturated/α-hetero) is 1. The highest BCUT2D eigenvalue weighted by atomic mass is 28.4. The fourth-order valence-corrected chi connectivity index (χ4v) is 10.7. The third kappa shape index (κ3) is 3.29. The van der Waals surface area contributed by atoms with E-state index in [-0.39, 0.29) is 10.8 Å². The van der Waals surface area contributed by atoms with Crippen molar-refractivity contribution in [1.29, 1.82) is 0 Å². The summed E-state index contributed by atoms with van der Waals surface area (Å²) in [5, 5.41) is 12.6. The smallest absolute Gasteiger partial charge is 0.411 e. The lowest BCUT2D eigenvalue weighted by atomic mass is 9.92. The number of ether oxygens (including phenoxy) is 1. The Hall–Kier alpha value is -2.74. The lowest BCUT2D eigenvalue weighted by Crippen LogP contribution is -2.68. The van der Waals surface area contributed by atoms with E-state index in [1.54, 1.807) is 11.8 Å². The molecule has 178 valence electrons. The molecule has 0 bridgehead atoms. The predicted octanol–water partition coefficient (Wildman–Crippen LogP) is 2.78. The van der Waals surface area contributed by atoms with Crippen LogP contribution in [0.3, 0.4) is 0 Å². The average Bonchev–Trinajstić information content (AvgIpc) is 3.29. The number of rotatable bonds is 5. The van der Waals surface area contributed by atoms with Gasteiger partial charge in [-0.15, -0.1) is 0 Å². The van der Waals surface area contributed by atoms with Gasteiger partial charge >= 0.3 is 6.09 Å². The maximum atomic E-state index is 13.2. The number of benzene rings is 2. The fraction of sp³-hybridized carbons (Fsp3) is 0.407. The van der Waals surface area contributed by atoms with Crippen LogP contribution in [0.15, 0.2) is 71.8 Å². The van der Waals surface area contributed by atoms with Crippen LogP contribution in [0.4, 0.5) is 4.79 Å². The van der Waals surface area contributed by atoms with Crippen LogP contribution in [-0.4, -0.2) is 61.1 Å². The average molecular weight is 478 g/mol. The van der Waals surface area contributed by atoms with E-state index >= 15 is 0 Å². The van der Waals surface area contributed by atoms with Crippen molar-refractivity contribution in [3.05, 3.63) is 71.8 Å². The molecule has 2 aromatic rings. The van der Waals surface area contributed by atoms with Crippen molar-refractivity contribution in [2.24, 2.45) is 0 Å². The molecule has 0 aromatic heterocycles. The number of piperidine rings is 1. The Balaban J connectivity index is 1.69. The quantitative estimate of drug-likeness (QED) is 0.671. The van der Waals surface area contributed by atoms with Crippen LogP contribution in [0, 0.1) is 0 Å². The van der Waals surface area contributed by atoms with Crippen molar-refractivity contribution in [3.8, 4) is 0 Å². The molecule has 4 atom stereocenters. The van der Waals surface area contributed by atoms with Gasteiger partial charge in [-0.3, -0.25) is 9.69 Å². The summed E-state index contributed by atoms with van der Waals surface area (Å²) in [6, 6.07) is 20.2. The fourth-order valence-electron chi connectivity index (χ4n) is 5.98. The minimum Gasteiger partial charge on any atom is -0.435 e. The normalized spacial score (nSPS) is 25.4. The topological polar surface area (TPSA) is 76.1 Å². The van der Waals surface area contributed by atoms with Gasteiger partial charge in [-0.05, 0) is 34.3 Å². The summed E-state index contributed by atoms with van der Waals surface area (Å²) in [6.45, 7) is 8.68. The van der Waals surface area contributed by atoms with Crippen LogP contribution >= 0.6 is 0 Å². The van der Waals surface area contributed by atoms with E-state index in [1.807, 2.05) is 36.4 Å². The van der Waals surface area contributed by atoms with Crippen LogP contribution in [0.1, 0.15) is 34.1 Å². The first-order valence-electron chi connectivity index (χ1n) is 11.9. The molecule has 2 saturated heterocycles. The Morgan fingerprint density at radius 2 is 1.59 bits per heavy atom. The third-order valence-electron chi connectivity index (χ3n) is 7.37. The van der Waals surface area contributed by atoms with E-state index in [2.05, 4.69) is 45.0 Å². The molecule has 1 amide bonds. The zero-order valence-corrected chi connectivity index (χ0v) is 21.0. The second-order valence-corrected chi connectivity index (χ2v) is 14.7. The Morgan fingerprint density at radius 3 is 2.09 bits per heavy atom. The Bertz CT molecular complexity index is 1100. The number of aliphatic hydroxyl groups excluding tert-OH is 1. The maximum absolute atomic E-state index is 13.2. The Labute approximate surface area is 201 Å². The number of hydrogen-bond acceptors (Lipinski definition) is 5. The van der Waals surface area contributed by atoms with E-state index in [1.165, 1.54) is 0 Å². The molecule has 2 heterocycles. The van der Waals surface area contributed by atoms with Crippen LogP contribution < -0.4 is 10.4 Å². The van der Waals surface area contributed by atoms with E-state index in [0.29, 0.717) is 18.5 Å². The number of amides is 1. The summed E-state index contributed by atoms with van der Waals surface area (Å²) in [5.74, 6) is -0.302. The number of nitrogens with zero attached hydrogens (tertiary/aromatic N) is 1. The van der Waals surface area contributed by atoms with Gasteiger partial charge < -0.3 is 14.3 Å². The number of aliphatic hydroxyl groups is 1. The van der Waals surface area contributed by atoms with Crippen LogP contribution in [0.5, 0.6) is 0 Å². The third-order valence-corrected chi connectivity index (χ3v) is 12.4. The zero-order valence-electron chi connectivity index (χ0n) is 20.0. The van der Waals surface area contributed by atoms with E-state index in [0.717, 1.165) is 15.9 Å². The van der Waals surface area contributed by atoms with Crippen LogP contribution in [0.2, 0.25) is 5.04 Å². The van der Waals surface area contributed by atoms with Gasteiger partial charge in [0.15, 0.2) is 6.10 Å². The van der Waals surface area contributed by atoms with Gasteiger partial charge in [0, 0.05) is 12.1 Å². The van der Waals surface area contributed by atoms with Crippen molar-refractivity contribution in [2.45, 2.75) is 63.5 Å². The molecule has 1 aliphatic carbocycles. The summed E-state index contributed by atoms with van der Waals surface area (Å²) >= 11 is 0. The highest BCUT2D eigenvalue weighted by Crippen LogP contribution is 2.46. The molecule has 7 heteroatoms. The Morgan fingerprint density at radius 1 is 1.03 bits per heavy atom. The first-order chi connectivity index (χ1) is 16.2. The second-order valence-electron chi connectivity index (χ2n) is 10.4. The van der Waals surface area contributed by atoms with Gasteiger partial charge in [-0.1, -0.05) is 81.4 Å². The molecule has 2 aromatic carbocycles. The van der Waals surface area contributed by atoms with Crippen LogP contribution in [-0.2, 0) is 14.0 Å². The van der Waals surface area contributed by atoms with E-state index < -0.39 is 38.8 Å². The van der Waals surface area contributed by atoms with Gasteiger partial charge in [-0.25, -0.2) is 4.79 Å². The number of carbonyl (C=O) groups is 2. The summed E-state index contributed by atoms with van der Waals surface area (Å²) in [6.07, 6.45) is -2.17. The SMILES string of the molecule is C[C@H](O)C1=C2[C@@H](O[Si](c3ccccc3)(c3ccccc3)C(C)(C)C)CCN3C(=O)O[C@H](C1=O)[C@H]23. The summed E-state index contributed by atoms with van der Waals surface area (Å²) in [5.41, 5.74) is 1.06. The molecule has 0 spiro atoms. The van der Waals surface area contributed by atoms with Gasteiger partial charge in [0.2, 0.25) is 5.78 Å². The van der Waals surface area contributed by atoms with Crippen molar-refractivity contribution in [1.82, 2.24) is 4.90 Å². The van der Waals surface area contributed by atoms with Crippen molar-refractivity contribution >= 4 is 30.6 Å². The molecule has 2 aliphatic heterocycles.